The predicted octanol–water partition coefficient (Wildman–Crippen LogP) is 2.37. The van der Waals surface area contributed by atoms with Gasteiger partial charge in [0.05, 0.1) is 13.2 Å². The van der Waals surface area contributed by atoms with Gasteiger partial charge in [-0.05, 0) is 43.0 Å². The Balaban J connectivity index is 1.79. The number of hydrogen-bond donors (Lipinski definition) is 2. The van der Waals surface area contributed by atoms with Gasteiger partial charge in [-0.25, -0.2) is 0 Å². The van der Waals surface area contributed by atoms with E-state index in [1.807, 2.05) is 24.3 Å². The van der Waals surface area contributed by atoms with E-state index in [1.165, 1.54) is 5.56 Å². The zero-order valence-corrected chi connectivity index (χ0v) is 11.8. The van der Waals surface area contributed by atoms with Crippen LogP contribution in [0.4, 0.5) is 5.69 Å². The molecule has 1 aliphatic heterocycles. The standard InChI is InChI=1S/C16H22N2O2/c1-2-3-10-20-11-9-18-16(19)14-6-7-15-13(12-14)5-4-8-17-15/h2,6-7,12,17H,1,3-5,8-11H2,(H,18,19). The van der Waals surface area contributed by atoms with E-state index in [-0.39, 0.29) is 5.91 Å². The minimum atomic E-state index is -0.0364. The molecule has 0 unspecified atom stereocenters. The summed E-state index contributed by atoms with van der Waals surface area (Å²) in [5.74, 6) is -0.0364. The number of aryl methyl sites for hydroxylation is 1. The summed E-state index contributed by atoms with van der Waals surface area (Å²) >= 11 is 0. The lowest BCUT2D eigenvalue weighted by Crippen LogP contribution is -2.27. The Morgan fingerprint density at radius 3 is 3.20 bits per heavy atom. The average Bonchev–Trinajstić information content (AvgIpc) is 2.50. The third kappa shape index (κ3) is 4.10. The zero-order valence-electron chi connectivity index (χ0n) is 11.8. The number of hydrogen-bond acceptors (Lipinski definition) is 3. The highest BCUT2D eigenvalue weighted by Crippen LogP contribution is 2.22. The zero-order chi connectivity index (χ0) is 14.2. The lowest BCUT2D eigenvalue weighted by Gasteiger charge is -2.18. The smallest absolute Gasteiger partial charge is 0.251 e. The summed E-state index contributed by atoms with van der Waals surface area (Å²) in [5, 5.41) is 6.21. The van der Waals surface area contributed by atoms with Crippen LogP contribution in [0.15, 0.2) is 30.9 Å². The number of benzene rings is 1. The number of ether oxygens (including phenoxy) is 1. The molecule has 0 radical (unpaired) electrons. The first kappa shape index (κ1) is 14.6. The summed E-state index contributed by atoms with van der Waals surface area (Å²) in [6.07, 6.45) is 4.81. The highest BCUT2D eigenvalue weighted by molar-refractivity contribution is 5.94. The predicted molar refractivity (Wildman–Crippen MR) is 81.2 cm³/mol. The minimum Gasteiger partial charge on any atom is -0.385 e. The SMILES string of the molecule is C=CCCOCCNC(=O)c1ccc2c(c1)CCCN2. The van der Waals surface area contributed by atoms with Gasteiger partial charge in [-0.1, -0.05) is 6.08 Å². The Bertz CT molecular complexity index is 472. The van der Waals surface area contributed by atoms with Gasteiger partial charge in [-0.2, -0.15) is 0 Å². The van der Waals surface area contributed by atoms with Crippen molar-refractivity contribution >= 4 is 11.6 Å². The van der Waals surface area contributed by atoms with E-state index in [4.69, 9.17) is 4.74 Å². The fourth-order valence-corrected chi connectivity index (χ4v) is 2.22. The van der Waals surface area contributed by atoms with Gasteiger partial charge in [0, 0.05) is 24.3 Å². The van der Waals surface area contributed by atoms with E-state index < -0.39 is 0 Å². The van der Waals surface area contributed by atoms with E-state index in [0.717, 1.165) is 37.1 Å². The number of carbonyl (C=O) groups excluding carboxylic acids is 1. The number of carbonyl (C=O) groups is 1. The fraction of sp³-hybridized carbons (Fsp3) is 0.438. The molecule has 0 atom stereocenters. The molecule has 0 spiro atoms. The van der Waals surface area contributed by atoms with Crippen LogP contribution in [0.5, 0.6) is 0 Å². The molecule has 0 bridgehead atoms. The van der Waals surface area contributed by atoms with Crippen molar-refractivity contribution in [3.05, 3.63) is 42.0 Å². The van der Waals surface area contributed by atoms with Crippen molar-refractivity contribution in [1.29, 1.82) is 0 Å². The third-order valence-corrected chi connectivity index (χ3v) is 3.30. The maximum Gasteiger partial charge on any atom is 0.251 e. The molecular weight excluding hydrogens is 252 g/mol. The molecule has 4 nitrogen and oxygen atoms in total. The first-order chi connectivity index (χ1) is 9.81. The lowest BCUT2D eigenvalue weighted by atomic mass is 10.0. The molecule has 20 heavy (non-hydrogen) atoms. The summed E-state index contributed by atoms with van der Waals surface area (Å²) < 4.78 is 5.35. The second-order valence-electron chi connectivity index (χ2n) is 4.85. The second kappa shape index (κ2) is 7.70. The van der Waals surface area contributed by atoms with Crippen LogP contribution in [0.2, 0.25) is 0 Å². The van der Waals surface area contributed by atoms with Crippen LogP contribution in [0.1, 0.15) is 28.8 Å². The monoisotopic (exact) mass is 274 g/mol. The van der Waals surface area contributed by atoms with Gasteiger partial charge in [0.25, 0.3) is 5.91 Å². The third-order valence-electron chi connectivity index (χ3n) is 3.30. The van der Waals surface area contributed by atoms with Crippen molar-refractivity contribution in [2.45, 2.75) is 19.3 Å². The van der Waals surface area contributed by atoms with Gasteiger partial charge in [-0.3, -0.25) is 4.79 Å². The normalized spacial score (nSPS) is 13.2. The summed E-state index contributed by atoms with van der Waals surface area (Å²) in [6, 6.07) is 5.84. The van der Waals surface area contributed by atoms with Crippen LogP contribution in [0, 0.1) is 0 Å². The first-order valence-corrected chi connectivity index (χ1v) is 7.15. The van der Waals surface area contributed by atoms with Gasteiger partial charge in [0.2, 0.25) is 0 Å². The number of nitrogens with one attached hydrogen (secondary N) is 2. The van der Waals surface area contributed by atoms with Crippen molar-refractivity contribution in [3.63, 3.8) is 0 Å². The van der Waals surface area contributed by atoms with Crippen molar-refractivity contribution in [1.82, 2.24) is 5.32 Å². The van der Waals surface area contributed by atoms with Crippen molar-refractivity contribution < 1.29 is 9.53 Å². The molecule has 0 aliphatic carbocycles. The molecule has 1 aromatic carbocycles. The minimum absolute atomic E-state index is 0.0364. The Hall–Kier alpha value is -1.81. The van der Waals surface area contributed by atoms with Crippen LogP contribution >= 0.6 is 0 Å². The highest BCUT2D eigenvalue weighted by Gasteiger charge is 2.11. The molecule has 1 amide bonds. The van der Waals surface area contributed by atoms with E-state index in [1.54, 1.807) is 0 Å². The molecule has 2 N–H and O–H groups in total. The maximum atomic E-state index is 12.0. The highest BCUT2D eigenvalue weighted by atomic mass is 16.5. The molecule has 1 heterocycles. The van der Waals surface area contributed by atoms with Gasteiger partial charge in [0.15, 0.2) is 0 Å². The Kier molecular flexibility index (Phi) is 5.62. The quantitative estimate of drug-likeness (QED) is 0.593. The molecule has 0 aromatic heterocycles. The summed E-state index contributed by atoms with van der Waals surface area (Å²) in [5.41, 5.74) is 3.10. The Labute approximate surface area is 120 Å². The number of anilines is 1. The summed E-state index contributed by atoms with van der Waals surface area (Å²) in [7, 11) is 0. The van der Waals surface area contributed by atoms with Crippen LogP contribution in [-0.2, 0) is 11.2 Å². The van der Waals surface area contributed by atoms with E-state index in [9.17, 15) is 4.79 Å². The molecular formula is C16H22N2O2. The van der Waals surface area contributed by atoms with E-state index in [2.05, 4.69) is 17.2 Å². The molecule has 0 saturated heterocycles. The molecule has 0 fully saturated rings. The topological polar surface area (TPSA) is 50.4 Å². The Morgan fingerprint density at radius 1 is 1.45 bits per heavy atom. The van der Waals surface area contributed by atoms with E-state index >= 15 is 0 Å². The van der Waals surface area contributed by atoms with Gasteiger partial charge in [0.1, 0.15) is 0 Å². The lowest BCUT2D eigenvalue weighted by molar-refractivity contribution is 0.0918. The molecule has 1 aliphatic rings. The van der Waals surface area contributed by atoms with Gasteiger partial charge in [-0.15, -0.1) is 6.58 Å². The second-order valence-corrected chi connectivity index (χ2v) is 4.85. The van der Waals surface area contributed by atoms with Crippen molar-refractivity contribution in [2.75, 3.05) is 31.6 Å². The number of rotatable bonds is 7. The first-order valence-electron chi connectivity index (χ1n) is 7.15. The van der Waals surface area contributed by atoms with Crippen LogP contribution in [-0.4, -0.2) is 32.2 Å². The average molecular weight is 274 g/mol. The molecule has 2 rings (SSSR count). The summed E-state index contributed by atoms with van der Waals surface area (Å²) in [4.78, 5) is 12.0. The van der Waals surface area contributed by atoms with Gasteiger partial charge < -0.3 is 15.4 Å². The molecule has 108 valence electrons. The van der Waals surface area contributed by atoms with Crippen LogP contribution in [0.25, 0.3) is 0 Å². The van der Waals surface area contributed by atoms with E-state index in [0.29, 0.717) is 19.8 Å². The number of fused-ring (bicyclic) bond motifs is 1. The molecule has 0 saturated carbocycles. The molecule has 4 heteroatoms. The Morgan fingerprint density at radius 2 is 2.35 bits per heavy atom. The number of amides is 1. The van der Waals surface area contributed by atoms with Crippen LogP contribution < -0.4 is 10.6 Å². The van der Waals surface area contributed by atoms with Gasteiger partial charge >= 0.3 is 0 Å². The fourth-order valence-electron chi connectivity index (χ4n) is 2.22. The maximum absolute atomic E-state index is 12.0. The largest absolute Gasteiger partial charge is 0.385 e. The molecule has 1 aromatic rings. The van der Waals surface area contributed by atoms with Crippen molar-refractivity contribution in [2.24, 2.45) is 0 Å². The summed E-state index contributed by atoms with van der Waals surface area (Å²) in [6.45, 7) is 6.36. The van der Waals surface area contributed by atoms with Crippen LogP contribution in [0.3, 0.4) is 0 Å². The van der Waals surface area contributed by atoms with Crippen molar-refractivity contribution in [3.8, 4) is 0 Å².